The maximum atomic E-state index is 14.7. The Labute approximate surface area is 158 Å². The Morgan fingerprint density at radius 1 is 1.00 bits per heavy atom. The number of nitrogen functional groups attached to an aromatic ring is 1. The van der Waals surface area contributed by atoms with Crippen molar-refractivity contribution < 1.29 is 12.8 Å². The highest BCUT2D eigenvalue weighted by atomic mass is 32.2. The van der Waals surface area contributed by atoms with Crippen LogP contribution in [-0.2, 0) is 10.0 Å². The molecule has 0 bridgehead atoms. The number of aromatic nitrogens is 1. The quantitative estimate of drug-likeness (QED) is 0.699. The summed E-state index contributed by atoms with van der Waals surface area (Å²) in [6.45, 7) is 3.49. The van der Waals surface area contributed by atoms with Gasteiger partial charge in [-0.05, 0) is 43.7 Å². The van der Waals surface area contributed by atoms with E-state index in [9.17, 15) is 12.8 Å². The van der Waals surface area contributed by atoms with Crippen molar-refractivity contribution in [2.24, 2.45) is 0 Å². The van der Waals surface area contributed by atoms with Crippen molar-refractivity contribution in [1.29, 1.82) is 0 Å². The van der Waals surface area contributed by atoms with Crippen LogP contribution in [0.4, 0.5) is 10.2 Å². The topological polar surface area (TPSA) is 85.1 Å². The van der Waals surface area contributed by atoms with Crippen molar-refractivity contribution >= 4 is 15.8 Å². The molecule has 0 fully saturated rings. The molecule has 0 aliphatic carbocycles. The van der Waals surface area contributed by atoms with Gasteiger partial charge in [0.1, 0.15) is 11.6 Å². The van der Waals surface area contributed by atoms with Crippen LogP contribution in [0.1, 0.15) is 13.8 Å². The van der Waals surface area contributed by atoms with E-state index in [0.29, 0.717) is 28.1 Å². The fourth-order valence-corrected chi connectivity index (χ4v) is 4.28. The number of rotatable bonds is 5. The molecule has 140 valence electrons. The van der Waals surface area contributed by atoms with Gasteiger partial charge >= 0.3 is 0 Å². The number of hydrogen-bond acceptors (Lipinski definition) is 4. The lowest BCUT2D eigenvalue weighted by atomic mass is 10.0. The maximum absolute atomic E-state index is 14.7. The first kappa shape index (κ1) is 19.0. The summed E-state index contributed by atoms with van der Waals surface area (Å²) in [5.41, 5.74) is 7.44. The number of benzene rings is 2. The van der Waals surface area contributed by atoms with Crippen molar-refractivity contribution in [2.45, 2.75) is 24.8 Å². The molecule has 0 saturated heterocycles. The largest absolute Gasteiger partial charge is 0.384 e. The lowest BCUT2D eigenvalue weighted by Gasteiger charge is -2.14. The molecule has 5 nitrogen and oxygen atoms in total. The Balaban J connectivity index is 2.06. The molecule has 0 aliphatic rings. The Morgan fingerprint density at radius 2 is 1.70 bits per heavy atom. The van der Waals surface area contributed by atoms with Crippen molar-refractivity contribution in [2.75, 3.05) is 5.73 Å². The lowest BCUT2D eigenvalue weighted by molar-refractivity contribution is 0.570. The predicted molar refractivity (Wildman–Crippen MR) is 105 cm³/mol. The van der Waals surface area contributed by atoms with Crippen LogP contribution < -0.4 is 10.5 Å². The zero-order valence-electron chi connectivity index (χ0n) is 15.0. The number of nitrogens with zero attached hydrogens (tertiary/aromatic N) is 1. The molecule has 2 aromatic carbocycles. The normalized spacial score (nSPS) is 11.7. The maximum Gasteiger partial charge on any atom is 0.241 e. The summed E-state index contributed by atoms with van der Waals surface area (Å²) in [5, 5.41) is 0. The van der Waals surface area contributed by atoms with Gasteiger partial charge < -0.3 is 5.73 Å². The number of sulfonamides is 1. The van der Waals surface area contributed by atoms with E-state index in [2.05, 4.69) is 9.71 Å². The Bertz CT molecular complexity index is 1060. The number of nitrogens with one attached hydrogen (secondary N) is 1. The van der Waals surface area contributed by atoms with E-state index < -0.39 is 15.8 Å². The molecule has 3 aromatic rings. The van der Waals surface area contributed by atoms with E-state index in [1.54, 1.807) is 56.3 Å². The van der Waals surface area contributed by atoms with E-state index in [0.717, 1.165) is 0 Å². The molecule has 0 atom stereocenters. The summed E-state index contributed by atoms with van der Waals surface area (Å²) in [6, 6.07) is 14.2. The van der Waals surface area contributed by atoms with Crippen LogP contribution in [0, 0.1) is 5.82 Å². The van der Waals surface area contributed by atoms with E-state index in [1.807, 2.05) is 0 Å². The zero-order valence-corrected chi connectivity index (χ0v) is 15.8. The summed E-state index contributed by atoms with van der Waals surface area (Å²) >= 11 is 0. The van der Waals surface area contributed by atoms with Gasteiger partial charge in [-0.2, -0.15) is 0 Å². The first-order valence-corrected chi connectivity index (χ1v) is 9.89. The Hall–Kier alpha value is -2.77. The molecule has 0 saturated carbocycles. The van der Waals surface area contributed by atoms with Gasteiger partial charge in [0.15, 0.2) is 0 Å². The molecule has 3 N–H and O–H groups in total. The minimum atomic E-state index is -3.71. The number of anilines is 1. The molecule has 3 rings (SSSR count). The van der Waals surface area contributed by atoms with E-state index in [1.165, 1.54) is 18.3 Å². The van der Waals surface area contributed by atoms with Crippen LogP contribution in [0.15, 0.2) is 65.7 Å². The van der Waals surface area contributed by atoms with Gasteiger partial charge in [-0.25, -0.2) is 22.5 Å². The summed E-state index contributed by atoms with van der Waals surface area (Å²) in [4.78, 5) is 4.09. The zero-order chi connectivity index (χ0) is 19.6. The summed E-state index contributed by atoms with van der Waals surface area (Å²) in [7, 11) is -3.71. The fourth-order valence-electron chi connectivity index (χ4n) is 2.79. The summed E-state index contributed by atoms with van der Waals surface area (Å²) in [6.07, 6.45) is 1.50. The Morgan fingerprint density at radius 3 is 2.33 bits per heavy atom. The lowest BCUT2D eigenvalue weighted by Crippen LogP contribution is -2.30. The SMILES string of the molecule is CC(C)NS(=O)(=O)c1ccccc1-c1ccc(-c2ccc(N)nc2)c(F)c1. The third kappa shape index (κ3) is 4.15. The first-order chi connectivity index (χ1) is 12.8. The summed E-state index contributed by atoms with van der Waals surface area (Å²) < 4.78 is 42.5. The molecule has 0 radical (unpaired) electrons. The van der Waals surface area contributed by atoms with E-state index in [4.69, 9.17) is 5.73 Å². The van der Waals surface area contributed by atoms with Gasteiger partial charge in [0.25, 0.3) is 0 Å². The number of halogens is 1. The van der Waals surface area contributed by atoms with Gasteiger partial charge in [-0.1, -0.05) is 30.3 Å². The smallest absolute Gasteiger partial charge is 0.241 e. The average Bonchev–Trinajstić information content (AvgIpc) is 2.61. The van der Waals surface area contributed by atoms with Crippen molar-refractivity contribution in [3.05, 3.63) is 66.6 Å². The highest BCUT2D eigenvalue weighted by molar-refractivity contribution is 7.89. The van der Waals surface area contributed by atoms with Gasteiger partial charge in [-0.15, -0.1) is 0 Å². The van der Waals surface area contributed by atoms with Crippen LogP contribution in [0.25, 0.3) is 22.3 Å². The molecular formula is C20H20FN3O2S. The Kier molecular flexibility index (Phi) is 5.25. The van der Waals surface area contributed by atoms with Gasteiger partial charge in [-0.3, -0.25) is 0 Å². The second-order valence-electron chi connectivity index (χ2n) is 6.44. The molecule has 0 spiro atoms. The second kappa shape index (κ2) is 7.46. The monoisotopic (exact) mass is 385 g/mol. The molecular weight excluding hydrogens is 365 g/mol. The van der Waals surface area contributed by atoms with Crippen molar-refractivity contribution in [3.8, 4) is 22.3 Å². The van der Waals surface area contributed by atoms with Crippen LogP contribution in [0.3, 0.4) is 0 Å². The van der Waals surface area contributed by atoms with Gasteiger partial charge in [0, 0.05) is 28.9 Å². The minimum absolute atomic E-state index is 0.111. The third-order valence-electron chi connectivity index (χ3n) is 3.94. The molecule has 7 heteroatoms. The van der Waals surface area contributed by atoms with Crippen LogP contribution >= 0.6 is 0 Å². The molecule has 0 amide bonds. The fraction of sp³-hybridized carbons (Fsp3) is 0.150. The highest BCUT2D eigenvalue weighted by Crippen LogP contribution is 2.31. The molecule has 1 aromatic heterocycles. The third-order valence-corrected chi connectivity index (χ3v) is 5.66. The molecule has 0 aliphatic heterocycles. The van der Waals surface area contributed by atoms with Gasteiger partial charge in [0.05, 0.1) is 4.90 Å². The molecule has 1 heterocycles. The first-order valence-electron chi connectivity index (χ1n) is 8.41. The number of pyridine rings is 1. The van der Waals surface area contributed by atoms with Crippen molar-refractivity contribution in [1.82, 2.24) is 9.71 Å². The molecule has 0 unspecified atom stereocenters. The van der Waals surface area contributed by atoms with Crippen LogP contribution in [-0.4, -0.2) is 19.4 Å². The van der Waals surface area contributed by atoms with Crippen LogP contribution in [0.5, 0.6) is 0 Å². The summed E-state index contributed by atoms with van der Waals surface area (Å²) in [5.74, 6) is -0.115. The number of nitrogens with two attached hydrogens (primary N) is 1. The van der Waals surface area contributed by atoms with E-state index in [-0.39, 0.29) is 10.9 Å². The average molecular weight is 385 g/mol. The van der Waals surface area contributed by atoms with E-state index >= 15 is 0 Å². The van der Waals surface area contributed by atoms with Crippen molar-refractivity contribution in [3.63, 3.8) is 0 Å². The predicted octanol–water partition coefficient (Wildman–Crippen LogP) is 3.82. The standard InChI is InChI=1S/C20H20FN3O2S/c1-13(2)24-27(25,26)19-6-4-3-5-17(19)14-7-9-16(18(21)11-14)15-8-10-20(22)23-12-15/h3-13,24H,1-2H3,(H2,22,23). The number of hydrogen-bond donors (Lipinski definition) is 2. The van der Waals surface area contributed by atoms with Crippen LogP contribution in [0.2, 0.25) is 0 Å². The second-order valence-corrected chi connectivity index (χ2v) is 8.12. The van der Waals surface area contributed by atoms with Gasteiger partial charge in [0.2, 0.25) is 10.0 Å². The minimum Gasteiger partial charge on any atom is -0.384 e. The molecule has 27 heavy (non-hydrogen) atoms. The highest BCUT2D eigenvalue weighted by Gasteiger charge is 2.20.